The third kappa shape index (κ3) is 2.85. The van der Waals surface area contributed by atoms with E-state index in [1.54, 1.807) is 6.20 Å². The summed E-state index contributed by atoms with van der Waals surface area (Å²) in [4.78, 5) is 15.8. The molecule has 17 heavy (non-hydrogen) atoms. The first-order valence-electron chi connectivity index (χ1n) is 5.48. The number of thiazole rings is 1. The number of halogens is 1. The minimum atomic E-state index is -2.27. The van der Waals surface area contributed by atoms with E-state index in [2.05, 4.69) is 24.8 Å². The number of rotatable bonds is 2. The fourth-order valence-electron chi connectivity index (χ4n) is 1.52. The van der Waals surface area contributed by atoms with Gasteiger partial charge in [0.25, 0.3) is 0 Å². The van der Waals surface area contributed by atoms with Crippen molar-refractivity contribution in [1.82, 2.24) is 9.97 Å². The van der Waals surface area contributed by atoms with Crippen LogP contribution in [0.2, 0.25) is 14.8 Å². The maximum absolute atomic E-state index is 14.0. The molecule has 0 spiro atoms. The number of nitrogens with zero attached hydrogens (tertiary/aromatic N) is 2. The molecule has 0 saturated carbocycles. The van der Waals surface area contributed by atoms with E-state index in [0.29, 0.717) is 5.56 Å². The molecule has 0 bridgehead atoms. The summed E-state index contributed by atoms with van der Waals surface area (Å²) < 4.78 is 15.0. The Hall–Kier alpha value is -0.491. The number of hydrogen-bond donors (Lipinski definition) is 0. The molecule has 0 radical (unpaired) electrons. The molecule has 0 fully saturated rings. The summed E-state index contributed by atoms with van der Waals surface area (Å²) in [5.41, 5.74) is 0.565. The van der Waals surface area contributed by atoms with Gasteiger partial charge in [0.1, 0.15) is 0 Å². The maximum atomic E-state index is 14.0. The van der Waals surface area contributed by atoms with Crippen molar-refractivity contribution in [1.29, 1.82) is 0 Å². The van der Waals surface area contributed by atoms with E-state index in [0.717, 1.165) is 13.6 Å². The van der Waals surface area contributed by atoms with Crippen molar-refractivity contribution in [3.05, 3.63) is 29.3 Å². The molecule has 2 aromatic heterocycles. The van der Waals surface area contributed by atoms with Gasteiger partial charge in [-0.05, 0) is 0 Å². The van der Waals surface area contributed by atoms with Crippen molar-refractivity contribution in [3.8, 4) is 10.4 Å². The second kappa shape index (κ2) is 4.65. The number of hydrogen-bond acceptors (Lipinski definition) is 3. The van der Waals surface area contributed by atoms with Crippen molar-refractivity contribution in [2.75, 3.05) is 0 Å². The quantitative estimate of drug-likeness (QED) is 0.610. The molecule has 0 aliphatic rings. The van der Waals surface area contributed by atoms with Crippen LogP contribution < -0.4 is 3.71 Å². The summed E-state index contributed by atoms with van der Waals surface area (Å²) in [5.74, 6) is -0.363. The molecule has 90 valence electrons. The second-order valence-electron chi connectivity index (χ2n) is 5.03. The normalized spacial score (nSPS) is 11.8. The Morgan fingerprint density at radius 3 is 2.41 bits per heavy atom. The van der Waals surface area contributed by atoms with Crippen LogP contribution in [0, 0.1) is 12.9 Å². The molecule has 0 aromatic carbocycles. The molecule has 2 rings (SSSR count). The van der Waals surface area contributed by atoms with Crippen molar-refractivity contribution in [2.45, 2.75) is 21.7 Å². The summed E-state index contributed by atoms with van der Waals surface area (Å²) >= 11 is -0.775. The zero-order valence-electron chi connectivity index (χ0n) is 10.4. The van der Waals surface area contributed by atoms with Gasteiger partial charge < -0.3 is 0 Å². The van der Waals surface area contributed by atoms with Gasteiger partial charge in [-0.25, -0.2) is 0 Å². The van der Waals surface area contributed by atoms with Gasteiger partial charge in [-0.1, -0.05) is 0 Å². The van der Waals surface area contributed by atoms with Crippen molar-refractivity contribution in [3.63, 3.8) is 0 Å². The molecule has 0 unspecified atom stereocenters. The Balaban J connectivity index is 2.45. The van der Waals surface area contributed by atoms with E-state index in [-0.39, 0.29) is 5.95 Å². The molecule has 2 nitrogen and oxygen atoms in total. The minimum absolute atomic E-state index is 0.363. The van der Waals surface area contributed by atoms with Crippen LogP contribution in [0.25, 0.3) is 10.4 Å². The van der Waals surface area contributed by atoms with E-state index < -0.39 is 18.4 Å². The SMILES string of the molecule is Cc1ncc(-c2cc[c]([Sn]([CH3])([CH3])[CH3])nc2F)s1. The fourth-order valence-corrected chi connectivity index (χ4v) is 5.22. The summed E-state index contributed by atoms with van der Waals surface area (Å²) in [5, 5.41) is 0.943. The number of pyridine rings is 1. The van der Waals surface area contributed by atoms with Gasteiger partial charge in [-0.2, -0.15) is 0 Å². The molecule has 2 heterocycles. The third-order valence-electron chi connectivity index (χ3n) is 2.50. The predicted molar refractivity (Wildman–Crippen MR) is 73.0 cm³/mol. The summed E-state index contributed by atoms with van der Waals surface area (Å²) in [6.45, 7) is 1.92. The zero-order valence-corrected chi connectivity index (χ0v) is 14.1. The molecule has 0 N–H and O–H groups in total. The first-order valence-corrected chi connectivity index (χ1v) is 16.3. The van der Waals surface area contributed by atoms with Crippen LogP contribution in [-0.2, 0) is 0 Å². The average Bonchev–Trinajstić information content (AvgIpc) is 2.63. The summed E-state index contributed by atoms with van der Waals surface area (Å²) in [7, 11) is 0. The first kappa shape index (κ1) is 13.0. The Morgan fingerprint density at radius 2 is 1.94 bits per heavy atom. The van der Waals surface area contributed by atoms with E-state index in [1.165, 1.54) is 11.3 Å². The third-order valence-corrected chi connectivity index (χ3v) is 8.63. The molecule has 0 aliphatic heterocycles. The molecule has 0 amide bonds. The van der Waals surface area contributed by atoms with Gasteiger partial charge in [-0.3, -0.25) is 0 Å². The second-order valence-corrected chi connectivity index (χ2v) is 20.6. The molecule has 0 aliphatic carbocycles. The van der Waals surface area contributed by atoms with Gasteiger partial charge >= 0.3 is 109 Å². The zero-order chi connectivity index (χ0) is 12.6. The van der Waals surface area contributed by atoms with Gasteiger partial charge in [0.05, 0.1) is 0 Å². The van der Waals surface area contributed by atoms with Crippen LogP contribution in [0.3, 0.4) is 0 Å². The van der Waals surface area contributed by atoms with Crippen LogP contribution >= 0.6 is 11.3 Å². The fraction of sp³-hybridized carbons (Fsp3) is 0.333. The summed E-state index contributed by atoms with van der Waals surface area (Å²) in [6, 6.07) is 3.82. The monoisotopic (exact) mass is 358 g/mol. The van der Waals surface area contributed by atoms with Crippen LogP contribution in [0.1, 0.15) is 5.01 Å². The molecule has 5 heteroatoms. The number of aryl methyl sites for hydroxylation is 1. The van der Waals surface area contributed by atoms with E-state index in [4.69, 9.17) is 0 Å². The summed E-state index contributed by atoms with van der Waals surface area (Å²) in [6.07, 6.45) is 1.71. The van der Waals surface area contributed by atoms with Crippen molar-refractivity contribution < 1.29 is 4.39 Å². The van der Waals surface area contributed by atoms with Gasteiger partial charge in [0.15, 0.2) is 0 Å². The van der Waals surface area contributed by atoms with Crippen LogP contribution in [-0.4, -0.2) is 28.3 Å². The molecular weight excluding hydrogens is 342 g/mol. The van der Waals surface area contributed by atoms with Gasteiger partial charge in [0.2, 0.25) is 0 Å². The molecule has 0 saturated heterocycles. The standard InChI is InChI=1S/C9H6FN2S.3CH3.Sn/c1-6-12-5-8(13-6)7-3-2-4-11-9(7)10;;;;/h2-3,5H,1H3;3*1H3;. The average molecular weight is 357 g/mol. The number of aromatic nitrogens is 2. The Morgan fingerprint density at radius 1 is 1.24 bits per heavy atom. The topological polar surface area (TPSA) is 25.8 Å². The van der Waals surface area contributed by atoms with E-state index >= 15 is 0 Å². The van der Waals surface area contributed by atoms with Crippen LogP contribution in [0.4, 0.5) is 4.39 Å². The van der Waals surface area contributed by atoms with Crippen molar-refractivity contribution in [2.24, 2.45) is 0 Å². The molecule has 0 atom stereocenters. The van der Waals surface area contributed by atoms with Crippen LogP contribution in [0.5, 0.6) is 0 Å². The van der Waals surface area contributed by atoms with Crippen molar-refractivity contribution >= 4 is 33.4 Å². The van der Waals surface area contributed by atoms with Gasteiger partial charge in [0, 0.05) is 0 Å². The molecule has 2 aromatic rings. The van der Waals surface area contributed by atoms with E-state index in [9.17, 15) is 4.39 Å². The Kier molecular flexibility index (Phi) is 3.54. The van der Waals surface area contributed by atoms with Gasteiger partial charge in [-0.15, -0.1) is 0 Å². The van der Waals surface area contributed by atoms with E-state index in [1.807, 2.05) is 19.1 Å². The first-order chi connectivity index (χ1) is 7.88. The predicted octanol–water partition coefficient (Wildman–Crippen LogP) is 3.20. The van der Waals surface area contributed by atoms with Crippen LogP contribution in [0.15, 0.2) is 18.3 Å². The Bertz CT molecular complexity index is 546. The molecular formula is C12H15FN2SSn. The Labute approximate surface area is 109 Å².